The Kier molecular flexibility index (Phi) is 10.2. The molecule has 0 fully saturated rings. The van der Waals surface area contributed by atoms with Gasteiger partial charge in [0.1, 0.15) is 12.1 Å². The predicted molar refractivity (Wildman–Crippen MR) is 147 cm³/mol. The van der Waals surface area contributed by atoms with Crippen LogP contribution in [0.2, 0.25) is 0 Å². The van der Waals surface area contributed by atoms with E-state index in [0.717, 1.165) is 5.56 Å². The number of carbonyl (C=O) groups excluding carboxylic acids is 5. The van der Waals surface area contributed by atoms with E-state index in [1.54, 1.807) is 25.1 Å². The average Bonchev–Trinajstić information content (AvgIpc) is 3.31. The van der Waals surface area contributed by atoms with E-state index in [1.165, 1.54) is 11.8 Å². The second kappa shape index (κ2) is 13.5. The highest BCUT2D eigenvalue weighted by atomic mass is 16.5. The van der Waals surface area contributed by atoms with Gasteiger partial charge >= 0.3 is 5.97 Å². The summed E-state index contributed by atoms with van der Waals surface area (Å²) in [5.41, 5.74) is 2.31. The molecule has 4 amide bonds. The third-order valence-electron chi connectivity index (χ3n) is 6.66. The summed E-state index contributed by atoms with van der Waals surface area (Å²) in [7, 11) is 0. The Labute approximate surface area is 228 Å². The van der Waals surface area contributed by atoms with Crippen molar-refractivity contribution < 1.29 is 28.7 Å². The maximum atomic E-state index is 13.5. The zero-order chi connectivity index (χ0) is 28.5. The molecule has 3 atom stereocenters. The molecule has 39 heavy (non-hydrogen) atoms. The lowest BCUT2D eigenvalue weighted by Crippen LogP contribution is -2.53. The highest BCUT2D eigenvalue weighted by Gasteiger charge is 2.41. The predicted octanol–water partition coefficient (Wildman–Crippen LogP) is 2.36. The van der Waals surface area contributed by atoms with Crippen molar-refractivity contribution in [3.05, 3.63) is 59.7 Å². The van der Waals surface area contributed by atoms with E-state index >= 15 is 0 Å². The van der Waals surface area contributed by atoms with Gasteiger partial charge in [-0.05, 0) is 30.0 Å². The van der Waals surface area contributed by atoms with Gasteiger partial charge in [-0.3, -0.25) is 24.1 Å². The Morgan fingerprint density at radius 3 is 2.38 bits per heavy atom. The molecule has 0 aromatic heterocycles. The summed E-state index contributed by atoms with van der Waals surface area (Å²) < 4.78 is 5.21. The first-order chi connectivity index (χ1) is 18.7. The van der Waals surface area contributed by atoms with Crippen LogP contribution in [0.1, 0.15) is 45.2 Å². The molecule has 0 saturated heterocycles. The number of nitrogens with zero attached hydrogens (tertiary/aromatic N) is 1. The summed E-state index contributed by atoms with van der Waals surface area (Å²) in [5.74, 6) is -2.44. The maximum Gasteiger partial charge on any atom is 0.329 e. The van der Waals surface area contributed by atoms with Gasteiger partial charge in [0.2, 0.25) is 23.6 Å². The van der Waals surface area contributed by atoms with Gasteiger partial charge in [0.15, 0.2) is 0 Å². The van der Waals surface area contributed by atoms with E-state index in [2.05, 4.69) is 16.0 Å². The first-order valence-electron chi connectivity index (χ1n) is 13.1. The number of carbonyl (C=O) groups is 5. The molecular weight excluding hydrogens is 500 g/mol. The topological polar surface area (TPSA) is 134 Å². The minimum Gasteiger partial charge on any atom is -0.464 e. The summed E-state index contributed by atoms with van der Waals surface area (Å²) in [6.45, 7) is 6.52. The maximum absolute atomic E-state index is 13.5. The Morgan fingerprint density at radius 1 is 1.03 bits per heavy atom. The Hall–Kier alpha value is -4.21. The molecule has 3 rings (SSSR count). The number of hydrogen-bond acceptors (Lipinski definition) is 6. The molecule has 0 saturated carbocycles. The summed E-state index contributed by atoms with van der Waals surface area (Å²) in [6, 6.07) is 12.6. The third-order valence-corrected chi connectivity index (χ3v) is 6.66. The first-order valence-corrected chi connectivity index (χ1v) is 13.1. The zero-order valence-corrected chi connectivity index (χ0v) is 22.8. The lowest BCUT2D eigenvalue weighted by atomic mass is 9.98. The van der Waals surface area contributed by atoms with Crippen LogP contribution < -0.4 is 20.9 Å². The molecule has 0 bridgehead atoms. The fourth-order valence-electron chi connectivity index (χ4n) is 4.58. The van der Waals surface area contributed by atoms with E-state index in [1.807, 2.05) is 44.2 Å². The van der Waals surface area contributed by atoms with E-state index in [-0.39, 0.29) is 37.2 Å². The molecule has 1 aliphatic rings. The molecule has 1 aliphatic heterocycles. The van der Waals surface area contributed by atoms with Gasteiger partial charge in [-0.25, -0.2) is 4.79 Å². The Morgan fingerprint density at radius 2 is 1.74 bits per heavy atom. The lowest BCUT2D eigenvalue weighted by molar-refractivity contribution is -0.145. The largest absolute Gasteiger partial charge is 0.464 e. The van der Waals surface area contributed by atoms with Crippen LogP contribution in [0, 0.1) is 5.92 Å². The smallest absolute Gasteiger partial charge is 0.329 e. The highest BCUT2D eigenvalue weighted by Crippen LogP contribution is 2.39. The zero-order valence-electron chi connectivity index (χ0n) is 22.8. The number of para-hydroxylation sites is 1. The first kappa shape index (κ1) is 29.3. The molecule has 10 nitrogen and oxygen atoms in total. The van der Waals surface area contributed by atoms with Crippen molar-refractivity contribution >= 4 is 41.0 Å². The number of rotatable bonds is 11. The van der Waals surface area contributed by atoms with E-state index < -0.39 is 36.4 Å². The molecule has 10 heteroatoms. The SMILES string of the molecule is CCOC(=O)C1Cc2cccc(NC(C)=O)c2N1C(=O)CNC(=O)[C@@H](NC(=O)Cc1ccccc1)[C@@H](C)CC. The van der Waals surface area contributed by atoms with Crippen LogP contribution in [-0.2, 0) is 41.6 Å². The quantitative estimate of drug-likeness (QED) is 0.378. The van der Waals surface area contributed by atoms with Gasteiger partial charge in [0.05, 0.1) is 30.9 Å². The number of anilines is 2. The molecule has 3 N–H and O–H groups in total. The van der Waals surface area contributed by atoms with Crippen LogP contribution in [0.5, 0.6) is 0 Å². The van der Waals surface area contributed by atoms with Gasteiger partial charge in [-0.15, -0.1) is 0 Å². The fourth-order valence-corrected chi connectivity index (χ4v) is 4.58. The van der Waals surface area contributed by atoms with Crippen LogP contribution in [0.15, 0.2) is 48.5 Å². The molecule has 1 unspecified atom stereocenters. The van der Waals surface area contributed by atoms with Crippen molar-refractivity contribution in [3.8, 4) is 0 Å². The van der Waals surface area contributed by atoms with Crippen LogP contribution in [-0.4, -0.2) is 54.8 Å². The van der Waals surface area contributed by atoms with Crippen molar-refractivity contribution in [1.82, 2.24) is 10.6 Å². The number of nitrogens with one attached hydrogen (secondary N) is 3. The number of hydrogen-bond donors (Lipinski definition) is 3. The van der Waals surface area contributed by atoms with E-state index in [9.17, 15) is 24.0 Å². The lowest BCUT2D eigenvalue weighted by Gasteiger charge is -2.27. The molecule has 208 valence electrons. The van der Waals surface area contributed by atoms with Crippen LogP contribution in [0.25, 0.3) is 0 Å². The average molecular weight is 537 g/mol. The van der Waals surface area contributed by atoms with Gasteiger partial charge in [0, 0.05) is 13.3 Å². The van der Waals surface area contributed by atoms with Crippen molar-refractivity contribution in [2.75, 3.05) is 23.4 Å². The van der Waals surface area contributed by atoms with Crippen molar-refractivity contribution in [1.29, 1.82) is 0 Å². The summed E-state index contributed by atoms with van der Waals surface area (Å²) in [4.78, 5) is 65.2. The Bertz CT molecular complexity index is 1220. The highest BCUT2D eigenvalue weighted by molar-refractivity contribution is 6.08. The number of amides is 4. The number of esters is 1. The monoisotopic (exact) mass is 536 g/mol. The van der Waals surface area contributed by atoms with Crippen LogP contribution in [0.3, 0.4) is 0 Å². The van der Waals surface area contributed by atoms with E-state index in [4.69, 9.17) is 4.74 Å². The Balaban J connectivity index is 1.77. The minimum atomic E-state index is -0.935. The molecule has 2 aromatic carbocycles. The number of ether oxygens (including phenoxy) is 1. The molecule has 0 aliphatic carbocycles. The van der Waals surface area contributed by atoms with Crippen molar-refractivity contribution in [2.45, 2.75) is 59.0 Å². The molecule has 2 aromatic rings. The standard InChI is InChI=1S/C29H36N4O6/c1-5-18(3)26(32-24(35)15-20-11-8-7-9-12-20)28(37)30-17-25(36)33-23(29(38)39-6-2)16-21-13-10-14-22(27(21)33)31-19(4)34/h7-14,18,23,26H,5-6,15-17H2,1-4H3,(H,30,37)(H,31,34)(H,32,35)/t18-,23?,26-/m0/s1. The molecular formula is C29H36N4O6. The number of fused-ring (bicyclic) bond motifs is 1. The van der Waals surface area contributed by atoms with Gasteiger partial charge < -0.3 is 20.7 Å². The second-order valence-electron chi connectivity index (χ2n) is 9.54. The van der Waals surface area contributed by atoms with Crippen molar-refractivity contribution in [2.24, 2.45) is 5.92 Å². The van der Waals surface area contributed by atoms with Crippen LogP contribution in [0.4, 0.5) is 11.4 Å². The summed E-state index contributed by atoms with van der Waals surface area (Å²) >= 11 is 0. The van der Waals surface area contributed by atoms with E-state index in [0.29, 0.717) is 23.4 Å². The normalized spacial score (nSPS) is 15.5. The third kappa shape index (κ3) is 7.43. The van der Waals surface area contributed by atoms with Crippen molar-refractivity contribution in [3.63, 3.8) is 0 Å². The molecule has 0 spiro atoms. The van der Waals surface area contributed by atoms with Crippen LogP contribution >= 0.6 is 0 Å². The minimum absolute atomic E-state index is 0.123. The second-order valence-corrected chi connectivity index (χ2v) is 9.54. The summed E-state index contributed by atoms with van der Waals surface area (Å²) in [6.07, 6.45) is 0.964. The molecule has 0 radical (unpaired) electrons. The fraction of sp³-hybridized carbons (Fsp3) is 0.414. The molecule has 1 heterocycles. The summed E-state index contributed by atoms with van der Waals surface area (Å²) in [5, 5.41) is 8.15. The van der Waals surface area contributed by atoms with Gasteiger partial charge in [0.25, 0.3) is 0 Å². The van der Waals surface area contributed by atoms with Gasteiger partial charge in [-0.2, -0.15) is 0 Å². The van der Waals surface area contributed by atoms with Gasteiger partial charge in [-0.1, -0.05) is 62.7 Å². The number of benzene rings is 2.